The van der Waals surface area contributed by atoms with Crippen molar-refractivity contribution in [2.75, 3.05) is 13.1 Å². The summed E-state index contributed by atoms with van der Waals surface area (Å²) in [6.45, 7) is 7.22. The van der Waals surface area contributed by atoms with E-state index in [4.69, 9.17) is 0 Å². The quantitative estimate of drug-likeness (QED) is 0.514. The second-order valence-electron chi connectivity index (χ2n) is 6.29. The van der Waals surface area contributed by atoms with Crippen molar-refractivity contribution in [3.05, 3.63) is 51.4 Å². The second-order valence-corrected chi connectivity index (χ2v) is 6.29. The van der Waals surface area contributed by atoms with Crippen molar-refractivity contribution in [3.8, 4) is 5.69 Å². The van der Waals surface area contributed by atoms with Crippen LogP contribution in [0.5, 0.6) is 0 Å². The molecule has 0 spiro atoms. The minimum atomic E-state index is -0.244. The number of benzene rings is 1. The fraction of sp³-hybridized carbons (Fsp3) is 0.500. The minimum Gasteiger partial charge on any atom is -0.310 e. The van der Waals surface area contributed by atoms with Gasteiger partial charge in [0.1, 0.15) is 5.56 Å². The third-order valence-electron chi connectivity index (χ3n) is 4.35. The first-order valence-electron chi connectivity index (χ1n) is 9.30. The zero-order valence-corrected chi connectivity index (χ0v) is 15.5. The van der Waals surface area contributed by atoms with E-state index in [1.807, 2.05) is 31.2 Å². The van der Waals surface area contributed by atoms with Gasteiger partial charge < -0.3 is 5.32 Å². The average Bonchev–Trinajstić information content (AvgIpc) is 2.95. The monoisotopic (exact) mass is 343 g/mol. The maximum atomic E-state index is 12.9. The van der Waals surface area contributed by atoms with Crippen molar-refractivity contribution in [1.82, 2.24) is 15.1 Å². The maximum absolute atomic E-state index is 12.9. The third-order valence-corrected chi connectivity index (χ3v) is 4.35. The predicted molar refractivity (Wildman–Crippen MR) is 102 cm³/mol. The van der Waals surface area contributed by atoms with E-state index < -0.39 is 0 Å². The number of hydrogen-bond donors (Lipinski definition) is 2. The fourth-order valence-electron chi connectivity index (χ4n) is 2.99. The molecule has 1 aromatic carbocycles. The van der Waals surface area contributed by atoms with Crippen LogP contribution in [0.1, 0.15) is 61.6 Å². The maximum Gasteiger partial charge on any atom is 0.282 e. The topological polar surface area (TPSA) is 66.9 Å². The predicted octanol–water partition coefficient (Wildman–Crippen LogP) is 3.25. The number of para-hydroxylation sites is 1. The summed E-state index contributed by atoms with van der Waals surface area (Å²) in [4.78, 5) is 25.6. The Morgan fingerprint density at radius 3 is 2.60 bits per heavy atom. The number of H-pyrrole nitrogens is 1. The fourth-order valence-corrected chi connectivity index (χ4v) is 2.99. The van der Waals surface area contributed by atoms with Gasteiger partial charge in [-0.1, -0.05) is 51.8 Å². The van der Waals surface area contributed by atoms with E-state index in [2.05, 4.69) is 24.3 Å². The van der Waals surface area contributed by atoms with Gasteiger partial charge in [0.2, 0.25) is 0 Å². The molecule has 0 saturated carbocycles. The molecule has 1 heterocycles. The summed E-state index contributed by atoms with van der Waals surface area (Å²) < 4.78 is 1.53. The van der Waals surface area contributed by atoms with Gasteiger partial charge >= 0.3 is 0 Å². The van der Waals surface area contributed by atoms with Gasteiger partial charge in [-0.2, -0.15) is 0 Å². The summed E-state index contributed by atoms with van der Waals surface area (Å²) in [6, 6.07) is 7.80. The summed E-state index contributed by atoms with van der Waals surface area (Å²) in [5.41, 5.74) is 2.70. The number of carbonyl (C=O) groups excluding carboxylic acids is 1. The van der Waals surface area contributed by atoms with Crippen LogP contribution in [0.15, 0.2) is 29.1 Å². The van der Waals surface area contributed by atoms with Gasteiger partial charge in [0.25, 0.3) is 5.56 Å². The van der Waals surface area contributed by atoms with E-state index in [1.165, 1.54) is 4.68 Å². The zero-order valence-electron chi connectivity index (χ0n) is 15.5. The Morgan fingerprint density at radius 1 is 1.16 bits per heavy atom. The number of aryl methyl sites for hydroxylation is 2. The number of nitrogens with zero attached hydrogens (tertiary/aromatic N) is 1. The molecule has 5 heteroatoms. The number of unbranched alkanes of at least 4 members (excludes halogenated alkanes) is 1. The molecular weight excluding hydrogens is 314 g/mol. The molecule has 2 rings (SSSR count). The highest BCUT2D eigenvalue weighted by atomic mass is 16.2. The highest BCUT2D eigenvalue weighted by Gasteiger charge is 2.21. The number of Topliss-reactive ketones (excluding diaryl/α,β-unsaturated/α-hetero) is 1. The SMILES string of the molecule is CCCCNCC(=O)c1c(CCC)[nH]n(-c2ccccc2CC)c1=O. The number of ketones is 1. The molecule has 2 aromatic rings. The summed E-state index contributed by atoms with van der Waals surface area (Å²) in [7, 11) is 0. The highest BCUT2D eigenvalue weighted by Crippen LogP contribution is 2.15. The van der Waals surface area contributed by atoms with E-state index in [-0.39, 0.29) is 17.9 Å². The third kappa shape index (κ3) is 4.48. The molecule has 0 saturated heterocycles. The van der Waals surface area contributed by atoms with Crippen LogP contribution in [0.3, 0.4) is 0 Å². The first-order chi connectivity index (χ1) is 12.1. The summed E-state index contributed by atoms with van der Waals surface area (Å²) in [5.74, 6) is -0.131. The molecule has 136 valence electrons. The van der Waals surface area contributed by atoms with Crippen molar-refractivity contribution >= 4 is 5.78 Å². The Hall–Kier alpha value is -2.14. The van der Waals surface area contributed by atoms with Gasteiger partial charge in [0.05, 0.1) is 12.2 Å². The molecule has 1 aromatic heterocycles. The van der Waals surface area contributed by atoms with E-state index >= 15 is 0 Å². The molecular formula is C20H29N3O2. The normalized spacial score (nSPS) is 11.0. The Morgan fingerprint density at radius 2 is 1.92 bits per heavy atom. The molecule has 0 fully saturated rings. The number of nitrogens with one attached hydrogen (secondary N) is 2. The molecule has 25 heavy (non-hydrogen) atoms. The van der Waals surface area contributed by atoms with Crippen LogP contribution in [-0.2, 0) is 12.8 Å². The van der Waals surface area contributed by atoms with Crippen LogP contribution >= 0.6 is 0 Å². The molecule has 2 N–H and O–H groups in total. The molecule has 5 nitrogen and oxygen atoms in total. The largest absolute Gasteiger partial charge is 0.310 e. The van der Waals surface area contributed by atoms with Crippen LogP contribution < -0.4 is 10.9 Å². The van der Waals surface area contributed by atoms with Gasteiger partial charge in [-0.25, -0.2) is 4.68 Å². The molecule has 0 amide bonds. The lowest BCUT2D eigenvalue weighted by atomic mass is 10.1. The van der Waals surface area contributed by atoms with Crippen molar-refractivity contribution in [3.63, 3.8) is 0 Å². The number of aromatic amines is 1. The van der Waals surface area contributed by atoms with Gasteiger partial charge in [0.15, 0.2) is 5.78 Å². The van der Waals surface area contributed by atoms with E-state index in [0.717, 1.165) is 49.2 Å². The number of hydrogen-bond acceptors (Lipinski definition) is 3. The lowest BCUT2D eigenvalue weighted by Gasteiger charge is -2.07. The Labute approximate surface area is 149 Å². The van der Waals surface area contributed by atoms with Crippen LogP contribution in [-0.4, -0.2) is 28.7 Å². The zero-order chi connectivity index (χ0) is 18.2. The molecule has 0 aliphatic rings. The van der Waals surface area contributed by atoms with Crippen molar-refractivity contribution in [2.45, 2.75) is 52.9 Å². The summed E-state index contributed by atoms with van der Waals surface area (Å²) >= 11 is 0. The number of aromatic nitrogens is 2. The van der Waals surface area contributed by atoms with Crippen molar-refractivity contribution in [2.24, 2.45) is 0 Å². The van der Waals surface area contributed by atoms with Crippen molar-refractivity contribution < 1.29 is 4.79 Å². The minimum absolute atomic E-state index is 0.131. The Balaban J connectivity index is 2.38. The first kappa shape index (κ1) is 19.2. The van der Waals surface area contributed by atoms with Gasteiger partial charge in [-0.15, -0.1) is 0 Å². The molecule has 0 aliphatic heterocycles. The molecule has 0 radical (unpaired) electrons. The Bertz CT molecular complexity index is 759. The average molecular weight is 343 g/mol. The Kier molecular flexibility index (Phi) is 7.19. The standard InChI is InChI=1S/C20H29N3O2/c1-4-7-13-21-14-18(24)19-16(10-5-2)22-23(20(19)25)17-12-9-8-11-15(17)6-3/h8-9,11-12,21-22H,4-7,10,13-14H2,1-3H3. The smallest absolute Gasteiger partial charge is 0.282 e. The molecule has 0 bridgehead atoms. The molecule has 0 unspecified atom stereocenters. The molecule has 0 aliphatic carbocycles. The lowest BCUT2D eigenvalue weighted by Crippen LogP contribution is -2.29. The van der Waals surface area contributed by atoms with E-state index in [0.29, 0.717) is 12.0 Å². The van der Waals surface area contributed by atoms with Crippen LogP contribution in [0, 0.1) is 0 Å². The van der Waals surface area contributed by atoms with Crippen LogP contribution in [0.4, 0.5) is 0 Å². The summed E-state index contributed by atoms with van der Waals surface area (Å²) in [6.07, 6.45) is 4.49. The summed E-state index contributed by atoms with van der Waals surface area (Å²) in [5, 5.41) is 6.32. The first-order valence-corrected chi connectivity index (χ1v) is 9.30. The van der Waals surface area contributed by atoms with Crippen LogP contribution in [0.25, 0.3) is 5.69 Å². The van der Waals surface area contributed by atoms with E-state index in [9.17, 15) is 9.59 Å². The van der Waals surface area contributed by atoms with E-state index in [1.54, 1.807) is 0 Å². The molecule has 0 atom stereocenters. The van der Waals surface area contributed by atoms with Gasteiger partial charge in [-0.3, -0.25) is 14.7 Å². The highest BCUT2D eigenvalue weighted by molar-refractivity contribution is 5.98. The lowest BCUT2D eigenvalue weighted by molar-refractivity contribution is 0.0989. The number of rotatable bonds is 10. The number of carbonyl (C=O) groups is 1. The van der Waals surface area contributed by atoms with Gasteiger partial charge in [-0.05, 0) is 37.4 Å². The van der Waals surface area contributed by atoms with Gasteiger partial charge in [0, 0.05) is 5.69 Å². The second kappa shape index (κ2) is 9.37. The van der Waals surface area contributed by atoms with Crippen LogP contribution in [0.2, 0.25) is 0 Å². The van der Waals surface area contributed by atoms with Crippen molar-refractivity contribution in [1.29, 1.82) is 0 Å².